The molecule has 1 unspecified atom stereocenters. The van der Waals surface area contributed by atoms with E-state index in [4.69, 9.17) is 0 Å². The minimum atomic E-state index is 0.450. The number of rotatable bonds is 6. The Kier molecular flexibility index (Phi) is 4.48. The van der Waals surface area contributed by atoms with E-state index in [1.165, 1.54) is 51.4 Å². The zero-order valence-corrected chi connectivity index (χ0v) is 12.0. The Morgan fingerprint density at radius 2 is 1.82 bits per heavy atom. The molecule has 1 N–H and O–H groups in total. The van der Waals surface area contributed by atoms with Crippen LogP contribution < -0.4 is 5.32 Å². The summed E-state index contributed by atoms with van der Waals surface area (Å²) in [6.07, 6.45) is 11.5. The first-order valence-electron chi connectivity index (χ1n) is 7.60. The van der Waals surface area contributed by atoms with Crippen molar-refractivity contribution in [3.8, 4) is 0 Å². The topological polar surface area (TPSA) is 15.3 Å². The minimum absolute atomic E-state index is 0.450. The largest absolute Gasteiger partial charge is 0.312 e. The Morgan fingerprint density at radius 1 is 1.18 bits per heavy atom. The molecule has 0 aromatic heterocycles. The maximum absolute atomic E-state index is 3.80. The summed E-state index contributed by atoms with van der Waals surface area (Å²) >= 11 is 0. The summed E-state index contributed by atoms with van der Waals surface area (Å²) in [5, 5.41) is 3.80. The third-order valence-electron chi connectivity index (χ3n) is 5.25. The van der Waals surface area contributed by atoms with Gasteiger partial charge >= 0.3 is 0 Å². The van der Waals surface area contributed by atoms with Crippen LogP contribution in [0.4, 0.5) is 0 Å². The molecule has 0 heterocycles. The van der Waals surface area contributed by atoms with Crippen molar-refractivity contribution in [3.05, 3.63) is 0 Å². The fraction of sp³-hybridized carbons (Fsp3) is 1.00. The van der Waals surface area contributed by atoms with Crippen molar-refractivity contribution < 1.29 is 0 Å². The van der Waals surface area contributed by atoms with Gasteiger partial charge in [0.25, 0.3) is 0 Å². The Morgan fingerprint density at radius 3 is 2.24 bits per heavy atom. The van der Waals surface area contributed by atoms with Gasteiger partial charge < -0.3 is 10.2 Å². The maximum Gasteiger partial charge on any atom is 0.0356 e. The number of nitrogens with zero attached hydrogens (tertiary/aromatic N) is 1. The van der Waals surface area contributed by atoms with E-state index in [-0.39, 0.29) is 0 Å². The smallest absolute Gasteiger partial charge is 0.0356 e. The lowest BCUT2D eigenvalue weighted by atomic mass is 9.74. The monoisotopic (exact) mass is 238 g/mol. The van der Waals surface area contributed by atoms with E-state index in [1.54, 1.807) is 0 Å². The summed E-state index contributed by atoms with van der Waals surface area (Å²) in [5.74, 6) is 1.01. The predicted octanol–water partition coefficient (Wildman–Crippen LogP) is 3.03. The van der Waals surface area contributed by atoms with Crippen molar-refractivity contribution in [1.29, 1.82) is 0 Å². The zero-order valence-electron chi connectivity index (χ0n) is 12.0. The minimum Gasteiger partial charge on any atom is -0.312 e. The summed E-state index contributed by atoms with van der Waals surface area (Å²) in [7, 11) is 4.58. The molecule has 100 valence electrons. The molecule has 2 aliphatic carbocycles. The molecular formula is C15H30N2. The predicted molar refractivity (Wildman–Crippen MR) is 74.3 cm³/mol. The Bertz CT molecular complexity index is 227. The van der Waals surface area contributed by atoms with Gasteiger partial charge in [-0.1, -0.05) is 39.0 Å². The van der Waals surface area contributed by atoms with Gasteiger partial charge in [-0.3, -0.25) is 0 Å². The lowest BCUT2D eigenvalue weighted by Crippen LogP contribution is -2.58. The second kappa shape index (κ2) is 5.71. The van der Waals surface area contributed by atoms with Gasteiger partial charge in [0, 0.05) is 11.6 Å². The summed E-state index contributed by atoms with van der Waals surface area (Å²) in [4.78, 5) is 2.52. The molecule has 0 spiro atoms. The highest BCUT2D eigenvalue weighted by Gasteiger charge is 2.43. The van der Waals surface area contributed by atoms with Crippen molar-refractivity contribution >= 4 is 0 Å². The van der Waals surface area contributed by atoms with Crippen LogP contribution in [-0.4, -0.2) is 37.1 Å². The maximum atomic E-state index is 3.80. The van der Waals surface area contributed by atoms with Gasteiger partial charge in [-0.25, -0.2) is 0 Å². The van der Waals surface area contributed by atoms with Crippen molar-refractivity contribution in [2.45, 2.75) is 69.9 Å². The Labute approximate surface area is 107 Å². The van der Waals surface area contributed by atoms with Crippen LogP contribution in [0.1, 0.15) is 58.3 Å². The molecule has 2 rings (SSSR count). The molecule has 17 heavy (non-hydrogen) atoms. The van der Waals surface area contributed by atoms with E-state index in [2.05, 4.69) is 31.2 Å². The molecule has 0 aromatic rings. The standard InChI is InChI=1S/C15H30N2/c1-4-16-14(12-13-8-7-9-13)15(17(2)3)10-5-6-11-15/h13-14,16H,4-12H2,1-3H3. The highest BCUT2D eigenvalue weighted by atomic mass is 15.2. The first-order valence-corrected chi connectivity index (χ1v) is 7.60. The third-order valence-corrected chi connectivity index (χ3v) is 5.25. The van der Waals surface area contributed by atoms with Crippen LogP contribution >= 0.6 is 0 Å². The molecule has 0 amide bonds. The fourth-order valence-electron chi connectivity index (χ4n) is 3.90. The molecule has 0 saturated heterocycles. The van der Waals surface area contributed by atoms with Crippen molar-refractivity contribution in [2.75, 3.05) is 20.6 Å². The molecular weight excluding hydrogens is 208 g/mol. The van der Waals surface area contributed by atoms with Gasteiger partial charge in [0.2, 0.25) is 0 Å². The number of likely N-dealkylation sites (N-methyl/N-ethyl adjacent to an activating group) is 2. The van der Waals surface area contributed by atoms with E-state index >= 15 is 0 Å². The zero-order chi connectivity index (χ0) is 12.3. The van der Waals surface area contributed by atoms with Crippen molar-refractivity contribution in [1.82, 2.24) is 10.2 Å². The van der Waals surface area contributed by atoms with Crippen LogP contribution in [0.25, 0.3) is 0 Å². The van der Waals surface area contributed by atoms with Crippen LogP contribution in [-0.2, 0) is 0 Å². The average molecular weight is 238 g/mol. The quantitative estimate of drug-likeness (QED) is 0.765. The molecule has 2 aliphatic rings. The molecule has 2 fully saturated rings. The van der Waals surface area contributed by atoms with Gasteiger partial charge in [-0.2, -0.15) is 0 Å². The van der Waals surface area contributed by atoms with E-state index < -0.39 is 0 Å². The number of nitrogens with one attached hydrogen (secondary N) is 1. The van der Waals surface area contributed by atoms with Gasteiger partial charge in [0.1, 0.15) is 0 Å². The van der Waals surface area contributed by atoms with Crippen LogP contribution in [0.2, 0.25) is 0 Å². The van der Waals surface area contributed by atoms with E-state index in [1.807, 2.05) is 0 Å². The fourth-order valence-corrected chi connectivity index (χ4v) is 3.90. The Balaban J connectivity index is 2.04. The Hall–Kier alpha value is -0.0800. The highest BCUT2D eigenvalue weighted by Crippen LogP contribution is 2.41. The summed E-state index contributed by atoms with van der Waals surface area (Å²) in [6, 6.07) is 0.718. The molecule has 2 nitrogen and oxygen atoms in total. The van der Waals surface area contributed by atoms with Gasteiger partial charge in [-0.05, 0) is 45.8 Å². The van der Waals surface area contributed by atoms with E-state index in [0.29, 0.717) is 5.54 Å². The van der Waals surface area contributed by atoms with Crippen molar-refractivity contribution in [3.63, 3.8) is 0 Å². The second-order valence-corrected chi connectivity index (χ2v) is 6.35. The van der Waals surface area contributed by atoms with Crippen LogP contribution in [0.3, 0.4) is 0 Å². The van der Waals surface area contributed by atoms with Gasteiger partial charge in [0.15, 0.2) is 0 Å². The molecule has 0 aromatic carbocycles. The first kappa shape index (κ1) is 13.4. The molecule has 2 saturated carbocycles. The summed E-state index contributed by atoms with van der Waals surface area (Å²) in [6.45, 7) is 3.37. The molecule has 0 radical (unpaired) electrons. The normalized spacial score (nSPS) is 26.1. The number of hydrogen-bond donors (Lipinski definition) is 1. The van der Waals surface area contributed by atoms with Crippen LogP contribution in [0.5, 0.6) is 0 Å². The van der Waals surface area contributed by atoms with Crippen LogP contribution in [0.15, 0.2) is 0 Å². The molecule has 0 aliphatic heterocycles. The molecule has 2 heteroatoms. The number of hydrogen-bond acceptors (Lipinski definition) is 2. The summed E-state index contributed by atoms with van der Waals surface area (Å²) < 4.78 is 0. The highest BCUT2D eigenvalue weighted by molar-refractivity contribution is 5.02. The third kappa shape index (κ3) is 2.68. The SMILES string of the molecule is CCNC(CC1CCC1)C1(N(C)C)CCCC1. The van der Waals surface area contributed by atoms with Gasteiger partial charge in [-0.15, -0.1) is 0 Å². The second-order valence-electron chi connectivity index (χ2n) is 6.35. The molecule has 1 atom stereocenters. The average Bonchev–Trinajstić information content (AvgIpc) is 2.71. The summed E-state index contributed by atoms with van der Waals surface area (Å²) in [5.41, 5.74) is 0.450. The van der Waals surface area contributed by atoms with E-state index in [9.17, 15) is 0 Å². The van der Waals surface area contributed by atoms with E-state index in [0.717, 1.165) is 18.5 Å². The molecule has 0 bridgehead atoms. The van der Waals surface area contributed by atoms with Gasteiger partial charge in [0.05, 0.1) is 0 Å². The lowest BCUT2D eigenvalue weighted by molar-refractivity contribution is 0.0816. The van der Waals surface area contributed by atoms with Crippen LogP contribution in [0, 0.1) is 5.92 Å². The lowest BCUT2D eigenvalue weighted by Gasteiger charge is -2.46. The van der Waals surface area contributed by atoms with Crippen molar-refractivity contribution in [2.24, 2.45) is 5.92 Å². The first-order chi connectivity index (χ1) is 8.19.